The minimum Gasteiger partial charge on any atom is -0.493 e. The molecule has 178 valence electrons. The quantitative estimate of drug-likeness (QED) is 0.489. The second-order valence-corrected chi connectivity index (χ2v) is 9.16. The summed E-state index contributed by atoms with van der Waals surface area (Å²) in [5, 5.41) is 12.7. The molecule has 9 heteroatoms. The largest absolute Gasteiger partial charge is 0.493 e. The third-order valence-corrected chi connectivity index (χ3v) is 5.38. The first-order chi connectivity index (χ1) is 15.6. The Labute approximate surface area is 193 Å². The predicted octanol–water partition coefficient (Wildman–Crippen LogP) is 4.05. The highest BCUT2D eigenvalue weighted by Gasteiger charge is 2.39. The summed E-state index contributed by atoms with van der Waals surface area (Å²) in [5.74, 6) is -0.648. The highest BCUT2D eigenvalue weighted by molar-refractivity contribution is 6.03. The summed E-state index contributed by atoms with van der Waals surface area (Å²) in [6.45, 7) is 9.29. The molecule has 0 aliphatic carbocycles. The number of nitrogens with zero attached hydrogens (tertiary/aromatic N) is 2. The van der Waals surface area contributed by atoms with Gasteiger partial charge in [-0.2, -0.15) is 0 Å². The van der Waals surface area contributed by atoms with Crippen molar-refractivity contribution in [2.24, 2.45) is 4.99 Å². The minimum atomic E-state index is -1.07. The standard InChI is InChI=1S/C24H31N3O6/c1-5-6-7-8-16-14-20(28)27(22(25-16)26-23(31)33-24(2,3)4)18-11-12-32-19-10-9-15(21(29)30)13-17(18)19/h5,9-10,13,16,18H,1,6-8,11-12,14H2,2-4H3,(H,29,30)(H,25,26,31)/t16-,18-/m1/s1. The van der Waals surface area contributed by atoms with Crippen LogP contribution in [0.25, 0.3) is 0 Å². The molecule has 2 heterocycles. The van der Waals surface area contributed by atoms with Crippen LogP contribution in [0.2, 0.25) is 0 Å². The maximum Gasteiger partial charge on any atom is 0.437 e. The first-order valence-electron chi connectivity index (χ1n) is 11.1. The van der Waals surface area contributed by atoms with Gasteiger partial charge < -0.3 is 19.9 Å². The molecule has 0 unspecified atom stereocenters. The maximum atomic E-state index is 13.3. The first kappa shape index (κ1) is 24.3. The van der Waals surface area contributed by atoms with Crippen molar-refractivity contribution in [3.05, 3.63) is 42.0 Å². The Hall–Kier alpha value is -3.36. The fraction of sp³-hybridized carbons (Fsp3) is 0.500. The van der Waals surface area contributed by atoms with Crippen molar-refractivity contribution in [2.75, 3.05) is 6.61 Å². The van der Waals surface area contributed by atoms with Crippen LogP contribution in [0.1, 0.15) is 74.8 Å². The number of benzene rings is 1. The molecule has 0 spiro atoms. The van der Waals surface area contributed by atoms with Gasteiger partial charge in [-0.1, -0.05) is 6.08 Å². The van der Waals surface area contributed by atoms with Crippen LogP contribution in [-0.2, 0) is 9.53 Å². The molecule has 1 saturated heterocycles. The van der Waals surface area contributed by atoms with E-state index in [2.05, 4.69) is 16.9 Å². The Kier molecular flexibility index (Phi) is 7.40. The van der Waals surface area contributed by atoms with Crippen LogP contribution in [0.5, 0.6) is 5.75 Å². The number of carbonyl (C=O) groups excluding carboxylic acids is 2. The van der Waals surface area contributed by atoms with E-state index in [1.807, 2.05) is 6.08 Å². The Bertz CT molecular complexity index is 965. The first-order valence-corrected chi connectivity index (χ1v) is 11.1. The molecule has 2 amide bonds. The fourth-order valence-corrected chi connectivity index (χ4v) is 3.97. The minimum absolute atomic E-state index is 0.0922. The number of rotatable bonds is 6. The molecule has 33 heavy (non-hydrogen) atoms. The van der Waals surface area contributed by atoms with Crippen LogP contribution in [-0.4, -0.2) is 52.2 Å². The van der Waals surface area contributed by atoms with Crippen LogP contribution >= 0.6 is 0 Å². The summed E-state index contributed by atoms with van der Waals surface area (Å²) in [5.41, 5.74) is -0.0803. The molecule has 2 aliphatic rings. The summed E-state index contributed by atoms with van der Waals surface area (Å²) in [7, 11) is 0. The average Bonchev–Trinajstić information content (AvgIpc) is 2.72. The van der Waals surface area contributed by atoms with Crippen LogP contribution < -0.4 is 10.1 Å². The van der Waals surface area contributed by atoms with Gasteiger partial charge in [-0.05, 0) is 58.2 Å². The number of hydrogen-bond donors (Lipinski definition) is 2. The van der Waals surface area contributed by atoms with Gasteiger partial charge in [0.1, 0.15) is 11.4 Å². The van der Waals surface area contributed by atoms with Gasteiger partial charge in [0.2, 0.25) is 11.9 Å². The van der Waals surface area contributed by atoms with Gasteiger partial charge >= 0.3 is 12.1 Å². The lowest BCUT2D eigenvalue weighted by atomic mass is 9.94. The third-order valence-electron chi connectivity index (χ3n) is 5.38. The highest BCUT2D eigenvalue weighted by atomic mass is 16.6. The Balaban J connectivity index is 1.97. The van der Waals surface area contributed by atoms with Gasteiger partial charge in [0.25, 0.3) is 0 Å². The van der Waals surface area contributed by atoms with E-state index in [9.17, 15) is 19.5 Å². The molecular formula is C24H31N3O6. The Morgan fingerprint density at radius 1 is 1.39 bits per heavy atom. The molecule has 2 aliphatic heterocycles. The average molecular weight is 458 g/mol. The van der Waals surface area contributed by atoms with Crippen molar-refractivity contribution >= 4 is 23.9 Å². The van der Waals surface area contributed by atoms with Gasteiger partial charge in [-0.15, -0.1) is 11.6 Å². The fourth-order valence-electron chi connectivity index (χ4n) is 3.97. The zero-order valence-corrected chi connectivity index (χ0v) is 19.3. The number of unbranched alkanes of at least 4 members (excludes halogenated alkanes) is 1. The molecule has 0 aromatic heterocycles. The number of fused-ring (bicyclic) bond motifs is 1. The monoisotopic (exact) mass is 457 g/mol. The van der Waals surface area contributed by atoms with Gasteiger partial charge in [0, 0.05) is 24.4 Å². The topological polar surface area (TPSA) is 118 Å². The van der Waals surface area contributed by atoms with Gasteiger partial charge in [-0.3, -0.25) is 9.69 Å². The molecule has 9 nitrogen and oxygen atoms in total. The number of carboxylic acids is 1. The van der Waals surface area contributed by atoms with Crippen molar-refractivity contribution in [3.63, 3.8) is 0 Å². The van der Waals surface area contributed by atoms with E-state index in [1.54, 1.807) is 26.8 Å². The number of nitrogens with one attached hydrogen (secondary N) is 1. The van der Waals surface area contributed by atoms with E-state index in [0.29, 0.717) is 30.8 Å². The zero-order valence-electron chi connectivity index (χ0n) is 19.3. The number of hydrogen-bond acceptors (Lipinski definition) is 5. The van der Waals surface area contributed by atoms with Crippen LogP contribution in [0, 0.1) is 0 Å². The molecule has 0 saturated carbocycles. The number of aliphatic imine (C=N–C) groups is 1. The summed E-state index contributed by atoms with van der Waals surface area (Å²) in [6.07, 6.45) is 4.06. The van der Waals surface area contributed by atoms with Crippen LogP contribution in [0.3, 0.4) is 0 Å². The third kappa shape index (κ3) is 6.12. The van der Waals surface area contributed by atoms with Crippen molar-refractivity contribution in [1.82, 2.24) is 10.2 Å². The molecule has 3 rings (SSSR count). The zero-order chi connectivity index (χ0) is 24.2. The smallest absolute Gasteiger partial charge is 0.437 e. The van der Waals surface area contributed by atoms with E-state index in [0.717, 1.165) is 12.8 Å². The molecule has 1 aromatic rings. The molecule has 0 radical (unpaired) electrons. The lowest BCUT2D eigenvalue weighted by molar-refractivity contribution is -0.131. The van der Waals surface area contributed by atoms with Crippen LogP contribution in [0.4, 0.5) is 4.79 Å². The SMILES string of the molecule is C=CCCC[C@@H]1CC(=O)N([C@@H]2CCOc3ccc(C(=O)O)cc32)/C(=N/C(=O)OC(C)(C)C)N1. The van der Waals surface area contributed by atoms with Gasteiger partial charge in [0.15, 0.2) is 0 Å². The number of allylic oxidation sites excluding steroid dienone is 1. The molecule has 1 fully saturated rings. The second kappa shape index (κ2) is 10.1. The van der Waals surface area contributed by atoms with Crippen LogP contribution in [0.15, 0.2) is 35.8 Å². The summed E-state index contributed by atoms with van der Waals surface area (Å²) in [6, 6.07) is 3.86. The van der Waals surface area contributed by atoms with Crippen molar-refractivity contribution in [2.45, 2.75) is 70.6 Å². The van der Waals surface area contributed by atoms with E-state index in [-0.39, 0.29) is 29.9 Å². The van der Waals surface area contributed by atoms with Crippen molar-refractivity contribution in [1.29, 1.82) is 0 Å². The maximum absolute atomic E-state index is 13.3. The van der Waals surface area contributed by atoms with Gasteiger partial charge in [0.05, 0.1) is 18.2 Å². The number of amides is 2. The number of ether oxygens (including phenoxy) is 2. The van der Waals surface area contributed by atoms with E-state index in [4.69, 9.17) is 9.47 Å². The van der Waals surface area contributed by atoms with E-state index in [1.165, 1.54) is 17.0 Å². The Morgan fingerprint density at radius 3 is 2.82 bits per heavy atom. The highest BCUT2D eigenvalue weighted by Crippen LogP contribution is 2.38. The van der Waals surface area contributed by atoms with E-state index >= 15 is 0 Å². The summed E-state index contributed by atoms with van der Waals surface area (Å²) < 4.78 is 11.0. The molecule has 2 N–H and O–H groups in total. The Morgan fingerprint density at radius 2 is 2.15 bits per heavy atom. The normalized spacial score (nSPS) is 21.6. The number of carbonyl (C=O) groups is 3. The van der Waals surface area contributed by atoms with E-state index < -0.39 is 23.7 Å². The molecule has 1 aromatic carbocycles. The number of aromatic carboxylic acids is 1. The van der Waals surface area contributed by atoms with Gasteiger partial charge in [-0.25, -0.2) is 9.59 Å². The second-order valence-electron chi connectivity index (χ2n) is 9.16. The molecule has 0 bridgehead atoms. The molecule has 2 atom stereocenters. The summed E-state index contributed by atoms with van der Waals surface area (Å²) in [4.78, 5) is 42.9. The lowest BCUT2D eigenvalue weighted by Gasteiger charge is -2.41. The van der Waals surface area contributed by atoms with Crippen molar-refractivity contribution < 1.29 is 29.0 Å². The summed E-state index contributed by atoms with van der Waals surface area (Å²) >= 11 is 0. The number of guanidine groups is 1. The molecular weight excluding hydrogens is 426 g/mol. The lowest BCUT2D eigenvalue weighted by Crippen LogP contribution is -2.57. The number of carboxylic acid groups (broad SMARTS) is 1. The predicted molar refractivity (Wildman–Crippen MR) is 122 cm³/mol. The van der Waals surface area contributed by atoms with Crippen molar-refractivity contribution in [3.8, 4) is 5.75 Å².